The van der Waals surface area contributed by atoms with Crippen LogP contribution in [0.4, 0.5) is 15.9 Å². The summed E-state index contributed by atoms with van der Waals surface area (Å²) >= 11 is 0. The second kappa shape index (κ2) is 9.57. The molecular weight excluding hydrogens is 471 g/mol. The van der Waals surface area contributed by atoms with Gasteiger partial charge in [-0.05, 0) is 35.9 Å². The Kier molecular flexibility index (Phi) is 6.14. The van der Waals surface area contributed by atoms with E-state index in [4.69, 9.17) is 11.1 Å². The van der Waals surface area contributed by atoms with E-state index in [1.807, 2.05) is 13.8 Å². The maximum Gasteiger partial charge on any atom is 0.226 e. The summed E-state index contributed by atoms with van der Waals surface area (Å²) in [7, 11) is 0. The first kappa shape index (κ1) is 23.7. The predicted octanol–water partition coefficient (Wildman–Crippen LogP) is 4.81. The van der Waals surface area contributed by atoms with Crippen LogP contribution in [0.5, 0.6) is 0 Å². The molecule has 10 heteroatoms. The van der Waals surface area contributed by atoms with Crippen molar-refractivity contribution >= 4 is 34.3 Å². The van der Waals surface area contributed by atoms with Gasteiger partial charge in [0.15, 0.2) is 11.5 Å². The van der Waals surface area contributed by atoms with E-state index in [0.717, 1.165) is 0 Å². The Labute approximate surface area is 211 Å². The Morgan fingerprint density at radius 3 is 2.65 bits per heavy atom. The van der Waals surface area contributed by atoms with Gasteiger partial charge >= 0.3 is 0 Å². The zero-order valence-electron chi connectivity index (χ0n) is 20.1. The number of nitrogens with zero attached hydrogens (tertiary/aromatic N) is 4. The van der Waals surface area contributed by atoms with Crippen LogP contribution in [0.3, 0.4) is 0 Å². The van der Waals surface area contributed by atoms with Gasteiger partial charge < -0.3 is 16.0 Å². The Balaban J connectivity index is 1.51. The van der Waals surface area contributed by atoms with Crippen LogP contribution < -0.4 is 11.1 Å². The average Bonchev–Trinajstić information content (AvgIpc) is 3.33. The number of imidazole rings is 1. The lowest BCUT2D eigenvalue weighted by Crippen LogP contribution is -2.17. The number of nitrogens with two attached hydrogens (primary N) is 1. The summed E-state index contributed by atoms with van der Waals surface area (Å²) < 4.78 is 13.8. The van der Waals surface area contributed by atoms with Gasteiger partial charge in [-0.15, -0.1) is 0 Å². The molecule has 0 bridgehead atoms. The molecular formula is C27H23FN8O. The first-order valence-electron chi connectivity index (χ1n) is 11.5. The molecule has 9 nitrogen and oxygen atoms in total. The Morgan fingerprint density at radius 1 is 1.05 bits per heavy atom. The standard InChI is InChI=1S/C27H23FN8O/c1-14(2)27(37)34-19-9-16(11-31-13-19)17-10-21(24(30)33-12-17)22(29)25-35-23-20(6-7-32-26(23)36-25)15-4-3-5-18(28)8-15/h3-14,29H,1-2H3,(H2,30,33)(H,34,37)(H,32,35,36). The van der Waals surface area contributed by atoms with Gasteiger partial charge in [0, 0.05) is 46.8 Å². The van der Waals surface area contributed by atoms with Crippen molar-refractivity contribution in [3.05, 3.63) is 84.5 Å². The smallest absolute Gasteiger partial charge is 0.226 e. The number of fused-ring (bicyclic) bond motifs is 1. The van der Waals surface area contributed by atoms with E-state index in [2.05, 4.69) is 30.2 Å². The Hall–Kier alpha value is -4.99. The number of H-pyrrole nitrogens is 1. The molecule has 0 aliphatic heterocycles. The lowest BCUT2D eigenvalue weighted by Gasteiger charge is -2.10. The van der Waals surface area contributed by atoms with E-state index < -0.39 is 0 Å². The van der Waals surface area contributed by atoms with Gasteiger partial charge in [0.05, 0.1) is 11.9 Å². The Bertz CT molecular complexity index is 1660. The molecule has 37 heavy (non-hydrogen) atoms. The third-order valence-corrected chi connectivity index (χ3v) is 5.81. The lowest BCUT2D eigenvalue weighted by molar-refractivity contribution is -0.118. The molecule has 5 rings (SSSR count). The van der Waals surface area contributed by atoms with Gasteiger partial charge in [0.25, 0.3) is 0 Å². The largest absolute Gasteiger partial charge is 0.383 e. The van der Waals surface area contributed by atoms with Crippen molar-refractivity contribution in [2.24, 2.45) is 5.92 Å². The lowest BCUT2D eigenvalue weighted by atomic mass is 10.0. The molecule has 0 aliphatic rings. The number of hydrogen-bond acceptors (Lipinski definition) is 7. The van der Waals surface area contributed by atoms with Gasteiger partial charge in [0.1, 0.15) is 22.9 Å². The number of aromatic nitrogens is 5. The number of pyridine rings is 3. The number of nitrogen functional groups attached to an aromatic ring is 1. The molecule has 0 aliphatic carbocycles. The molecule has 1 amide bonds. The van der Waals surface area contributed by atoms with Crippen molar-refractivity contribution < 1.29 is 9.18 Å². The SMILES string of the molecule is CC(C)C(=O)Nc1cncc(-c2cnc(N)c(C(=N)c3nc4c(-c5cccc(F)c5)ccnc4[nH]3)c2)c1. The molecule has 184 valence electrons. The molecule has 0 spiro atoms. The van der Waals surface area contributed by atoms with Crippen LogP contribution in [0.2, 0.25) is 0 Å². The number of carbonyl (C=O) groups excluding carboxylic acids is 1. The normalized spacial score (nSPS) is 11.1. The van der Waals surface area contributed by atoms with Crippen molar-refractivity contribution in [1.29, 1.82) is 5.41 Å². The van der Waals surface area contributed by atoms with Crippen LogP contribution >= 0.6 is 0 Å². The molecule has 0 saturated heterocycles. The summed E-state index contributed by atoms with van der Waals surface area (Å²) in [5.74, 6) is -0.247. The fourth-order valence-corrected chi connectivity index (χ4v) is 3.83. The van der Waals surface area contributed by atoms with Gasteiger partial charge in [-0.1, -0.05) is 26.0 Å². The second-order valence-electron chi connectivity index (χ2n) is 8.79. The highest BCUT2D eigenvalue weighted by Gasteiger charge is 2.18. The zero-order chi connectivity index (χ0) is 26.1. The number of amides is 1. The highest BCUT2D eigenvalue weighted by molar-refractivity contribution is 6.13. The summed E-state index contributed by atoms with van der Waals surface area (Å²) in [6, 6.07) is 11.5. The van der Waals surface area contributed by atoms with Crippen LogP contribution in [-0.2, 0) is 4.79 Å². The quantitative estimate of drug-likeness (QED) is 0.249. The Morgan fingerprint density at radius 2 is 1.86 bits per heavy atom. The van der Waals surface area contributed by atoms with Crippen LogP contribution in [-0.4, -0.2) is 36.5 Å². The molecule has 0 atom stereocenters. The highest BCUT2D eigenvalue weighted by Crippen LogP contribution is 2.29. The van der Waals surface area contributed by atoms with Crippen molar-refractivity contribution in [1.82, 2.24) is 24.9 Å². The molecule has 4 aromatic heterocycles. The summed E-state index contributed by atoms with van der Waals surface area (Å²) in [4.78, 5) is 32.6. The van der Waals surface area contributed by atoms with Crippen molar-refractivity contribution in [3.8, 4) is 22.3 Å². The molecule has 5 aromatic rings. The number of hydrogen-bond donors (Lipinski definition) is 4. The summed E-state index contributed by atoms with van der Waals surface area (Å²) in [5, 5.41) is 11.6. The topological polar surface area (TPSA) is 146 Å². The molecule has 5 N–H and O–H groups in total. The third kappa shape index (κ3) is 4.76. The number of anilines is 2. The van der Waals surface area contributed by atoms with Gasteiger partial charge in [-0.25, -0.2) is 19.3 Å². The van der Waals surface area contributed by atoms with E-state index in [0.29, 0.717) is 44.7 Å². The van der Waals surface area contributed by atoms with Gasteiger partial charge in [-0.3, -0.25) is 15.2 Å². The van der Waals surface area contributed by atoms with Gasteiger partial charge in [0.2, 0.25) is 5.91 Å². The number of nitrogens with one attached hydrogen (secondary N) is 3. The van der Waals surface area contributed by atoms with E-state index in [-0.39, 0.29) is 35.0 Å². The molecule has 1 aromatic carbocycles. The second-order valence-corrected chi connectivity index (χ2v) is 8.79. The zero-order valence-corrected chi connectivity index (χ0v) is 20.1. The summed E-state index contributed by atoms with van der Waals surface area (Å²) in [6.45, 7) is 3.62. The monoisotopic (exact) mass is 494 g/mol. The first-order valence-corrected chi connectivity index (χ1v) is 11.5. The maximum atomic E-state index is 13.8. The first-order chi connectivity index (χ1) is 17.8. The highest BCUT2D eigenvalue weighted by atomic mass is 19.1. The number of benzene rings is 1. The maximum absolute atomic E-state index is 13.8. The van der Waals surface area contributed by atoms with Crippen molar-refractivity contribution in [3.63, 3.8) is 0 Å². The minimum absolute atomic E-state index is 0.0206. The average molecular weight is 495 g/mol. The van der Waals surface area contributed by atoms with E-state index in [1.54, 1.807) is 55.1 Å². The van der Waals surface area contributed by atoms with Crippen molar-refractivity contribution in [2.45, 2.75) is 13.8 Å². The summed E-state index contributed by atoms with van der Waals surface area (Å²) in [5.41, 5.74) is 10.7. The third-order valence-electron chi connectivity index (χ3n) is 5.81. The van der Waals surface area contributed by atoms with Crippen LogP contribution in [0.15, 0.2) is 67.3 Å². The minimum Gasteiger partial charge on any atom is -0.383 e. The molecule has 0 radical (unpaired) electrons. The van der Waals surface area contributed by atoms with Crippen LogP contribution in [0.1, 0.15) is 25.2 Å². The predicted molar refractivity (Wildman–Crippen MR) is 141 cm³/mol. The summed E-state index contributed by atoms with van der Waals surface area (Å²) in [6.07, 6.45) is 6.39. The van der Waals surface area contributed by atoms with Crippen molar-refractivity contribution in [2.75, 3.05) is 11.1 Å². The number of rotatable bonds is 6. The van der Waals surface area contributed by atoms with Gasteiger partial charge in [-0.2, -0.15) is 0 Å². The number of aromatic amines is 1. The molecule has 4 heterocycles. The minimum atomic E-state index is -0.357. The molecule has 0 saturated carbocycles. The van der Waals surface area contributed by atoms with E-state index in [1.165, 1.54) is 12.1 Å². The van der Waals surface area contributed by atoms with E-state index in [9.17, 15) is 9.18 Å². The van der Waals surface area contributed by atoms with Crippen LogP contribution in [0.25, 0.3) is 33.4 Å². The fourth-order valence-electron chi connectivity index (χ4n) is 3.83. The number of halogens is 1. The molecule has 0 fully saturated rings. The van der Waals surface area contributed by atoms with Crippen LogP contribution in [0, 0.1) is 17.1 Å². The number of carbonyl (C=O) groups is 1. The molecule has 0 unspecified atom stereocenters. The fraction of sp³-hybridized carbons (Fsp3) is 0.111. The van der Waals surface area contributed by atoms with E-state index >= 15 is 0 Å².